The number of hydrogen-bond donors (Lipinski definition) is 1. The van der Waals surface area contributed by atoms with E-state index >= 15 is 0 Å². The molecule has 7 nitrogen and oxygen atoms in total. The summed E-state index contributed by atoms with van der Waals surface area (Å²) in [5, 5.41) is 13.4. The van der Waals surface area contributed by atoms with Gasteiger partial charge in [-0.1, -0.05) is 0 Å². The van der Waals surface area contributed by atoms with E-state index in [1.807, 2.05) is 19.9 Å². The average molecular weight is 306 g/mol. The van der Waals surface area contributed by atoms with Crippen molar-refractivity contribution in [3.05, 3.63) is 29.2 Å². The molecule has 1 fully saturated rings. The van der Waals surface area contributed by atoms with Crippen molar-refractivity contribution < 1.29 is 14.7 Å². The maximum atomic E-state index is 12.6. The second-order valence-electron chi connectivity index (χ2n) is 4.96. The monoisotopic (exact) mass is 306 g/mol. The summed E-state index contributed by atoms with van der Waals surface area (Å²) in [7, 11) is 0. The molecule has 0 aliphatic carbocycles. The van der Waals surface area contributed by atoms with Crippen molar-refractivity contribution in [2.24, 2.45) is 0 Å². The summed E-state index contributed by atoms with van der Waals surface area (Å²) in [5.41, 5.74) is 2.48. The van der Waals surface area contributed by atoms with Gasteiger partial charge in [0.15, 0.2) is 5.65 Å². The fraction of sp³-hybridized carbons (Fsp3) is 0.385. The number of fused-ring (bicyclic) bond motifs is 1. The molecule has 1 saturated heterocycles. The molecular formula is C13H14N4O3S. The molecule has 21 heavy (non-hydrogen) atoms. The van der Waals surface area contributed by atoms with Gasteiger partial charge in [0.1, 0.15) is 11.6 Å². The van der Waals surface area contributed by atoms with E-state index in [0.717, 1.165) is 11.4 Å². The number of amides is 1. The summed E-state index contributed by atoms with van der Waals surface area (Å²) in [4.78, 5) is 29.6. The Bertz CT molecular complexity index is 742. The van der Waals surface area contributed by atoms with E-state index in [1.54, 1.807) is 4.52 Å². The van der Waals surface area contributed by atoms with Crippen LogP contribution in [0.1, 0.15) is 21.7 Å². The highest BCUT2D eigenvalue weighted by molar-refractivity contribution is 7.99. The van der Waals surface area contributed by atoms with Gasteiger partial charge in [0.2, 0.25) is 0 Å². The zero-order valence-electron chi connectivity index (χ0n) is 11.6. The first-order chi connectivity index (χ1) is 9.99. The number of rotatable bonds is 2. The lowest BCUT2D eigenvalue weighted by Crippen LogP contribution is -2.41. The highest BCUT2D eigenvalue weighted by atomic mass is 32.2. The molecular weight excluding hydrogens is 292 g/mol. The van der Waals surface area contributed by atoms with Gasteiger partial charge in [-0.25, -0.2) is 14.3 Å². The van der Waals surface area contributed by atoms with E-state index in [1.165, 1.54) is 22.9 Å². The van der Waals surface area contributed by atoms with Gasteiger partial charge in [-0.15, -0.1) is 11.8 Å². The summed E-state index contributed by atoms with van der Waals surface area (Å²) in [6.45, 7) is 3.73. The minimum Gasteiger partial charge on any atom is -0.480 e. The molecule has 0 unspecified atom stereocenters. The molecule has 3 rings (SSSR count). The Kier molecular flexibility index (Phi) is 3.32. The van der Waals surface area contributed by atoms with Crippen molar-refractivity contribution in [3.63, 3.8) is 0 Å². The van der Waals surface area contributed by atoms with E-state index in [2.05, 4.69) is 10.1 Å². The van der Waals surface area contributed by atoms with Crippen LogP contribution in [0.4, 0.5) is 0 Å². The number of carboxylic acids is 1. The van der Waals surface area contributed by atoms with E-state index in [0.29, 0.717) is 22.8 Å². The van der Waals surface area contributed by atoms with Crippen molar-refractivity contribution in [1.82, 2.24) is 19.5 Å². The molecule has 1 amide bonds. The summed E-state index contributed by atoms with van der Waals surface area (Å²) in [6.07, 6.45) is 1.46. The Labute approximate surface area is 125 Å². The van der Waals surface area contributed by atoms with Gasteiger partial charge < -0.3 is 10.0 Å². The minimum atomic E-state index is -0.981. The van der Waals surface area contributed by atoms with Gasteiger partial charge in [-0.3, -0.25) is 4.79 Å². The molecule has 3 heterocycles. The number of aromatic nitrogens is 3. The number of carbonyl (C=O) groups is 2. The van der Waals surface area contributed by atoms with Crippen molar-refractivity contribution in [2.45, 2.75) is 19.9 Å². The normalized spacial score (nSPS) is 18.4. The predicted octanol–water partition coefficient (Wildman–Crippen LogP) is 0.946. The molecule has 1 N–H and O–H groups in total. The number of nitrogens with zero attached hydrogens (tertiary/aromatic N) is 4. The Morgan fingerprint density at radius 2 is 2.19 bits per heavy atom. The molecule has 110 valence electrons. The SMILES string of the molecule is Cc1cc(C)n2ncc(C(=O)N3CSC[C@H]3C(=O)O)c2n1. The quantitative estimate of drug-likeness (QED) is 0.888. The van der Waals surface area contributed by atoms with E-state index in [9.17, 15) is 14.7 Å². The minimum absolute atomic E-state index is 0.333. The molecule has 0 spiro atoms. The van der Waals surface area contributed by atoms with Gasteiger partial charge in [-0.05, 0) is 19.9 Å². The fourth-order valence-corrected chi connectivity index (χ4v) is 3.57. The molecule has 0 saturated carbocycles. The van der Waals surface area contributed by atoms with Gasteiger partial charge in [-0.2, -0.15) is 5.10 Å². The number of hydrogen-bond acceptors (Lipinski definition) is 5. The van der Waals surface area contributed by atoms with Crippen molar-refractivity contribution in [2.75, 3.05) is 11.6 Å². The van der Waals surface area contributed by atoms with Crippen LogP contribution in [-0.4, -0.2) is 54.2 Å². The van der Waals surface area contributed by atoms with E-state index in [-0.39, 0.29) is 5.91 Å². The highest BCUT2D eigenvalue weighted by Gasteiger charge is 2.36. The summed E-state index contributed by atoms with van der Waals surface area (Å²) in [5.74, 6) is -0.533. The van der Waals surface area contributed by atoms with Gasteiger partial charge in [0.25, 0.3) is 5.91 Å². The van der Waals surface area contributed by atoms with Crippen LogP contribution in [0.5, 0.6) is 0 Å². The van der Waals surface area contributed by atoms with Crippen LogP contribution in [0.15, 0.2) is 12.3 Å². The summed E-state index contributed by atoms with van der Waals surface area (Å²) < 4.78 is 1.60. The third-order valence-corrected chi connectivity index (χ3v) is 4.45. The second kappa shape index (κ2) is 5.03. The molecule has 1 aliphatic heterocycles. The lowest BCUT2D eigenvalue weighted by molar-refractivity contribution is -0.140. The standard InChI is InChI=1S/C13H14N4O3S/c1-7-3-8(2)17-11(15-7)9(4-14-17)12(18)16-6-21-5-10(16)13(19)20/h3-4,10H,5-6H2,1-2H3,(H,19,20)/t10-/m0/s1. The second-order valence-corrected chi connectivity index (χ2v) is 5.96. The topological polar surface area (TPSA) is 87.8 Å². The van der Waals surface area contributed by atoms with Crippen LogP contribution in [0.2, 0.25) is 0 Å². The molecule has 0 radical (unpaired) electrons. The van der Waals surface area contributed by atoms with Crippen LogP contribution in [0, 0.1) is 13.8 Å². The van der Waals surface area contributed by atoms with E-state index in [4.69, 9.17) is 0 Å². The average Bonchev–Trinajstić information content (AvgIpc) is 3.03. The van der Waals surface area contributed by atoms with Crippen molar-refractivity contribution >= 4 is 29.3 Å². The van der Waals surface area contributed by atoms with Gasteiger partial charge in [0, 0.05) is 17.1 Å². The molecule has 0 aromatic carbocycles. The smallest absolute Gasteiger partial charge is 0.327 e. The first-order valence-electron chi connectivity index (χ1n) is 6.42. The summed E-state index contributed by atoms with van der Waals surface area (Å²) in [6, 6.07) is 1.09. The highest BCUT2D eigenvalue weighted by Crippen LogP contribution is 2.24. The first kappa shape index (κ1) is 13.9. The number of thioether (sulfide) groups is 1. The first-order valence-corrected chi connectivity index (χ1v) is 7.58. The number of aryl methyl sites for hydroxylation is 2. The third-order valence-electron chi connectivity index (χ3n) is 3.44. The number of carbonyl (C=O) groups excluding carboxylic acids is 1. The number of aliphatic carboxylic acids is 1. The molecule has 1 atom stereocenters. The number of carboxylic acid groups (broad SMARTS) is 1. The lowest BCUT2D eigenvalue weighted by atomic mass is 10.2. The molecule has 1 aliphatic rings. The molecule has 8 heteroatoms. The molecule has 2 aromatic rings. The fourth-order valence-electron chi connectivity index (χ4n) is 2.42. The Morgan fingerprint density at radius 3 is 2.90 bits per heavy atom. The van der Waals surface area contributed by atoms with Gasteiger partial charge in [0.05, 0.1) is 12.1 Å². The van der Waals surface area contributed by atoms with Gasteiger partial charge >= 0.3 is 5.97 Å². The zero-order chi connectivity index (χ0) is 15.1. The third kappa shape index (κ3) is 2.25. The largest absolute Gasteiger partial charge is 0.480 e. The Morgan fingerprint density at radius 1 is 1.43 bits per heavy atom. The Hall–Kier alpha value is -2.09. The maximum absolute atomic E-state index is 12.6. The predicted molar refractivity (Wildman–Crippen MR) is 77.4 cm³/mol. The van der Waals surface area contributed by atoms with Crippen LogP contribution in [-0.2, 0) is 4.79 Å². The van der Waals surface area contributed by atoms with Crippen LogP contribution >= 0.6 is 11.8 Å². The molecule has 0 bridgehead atoms. The van der Waals surface area contributed by atoms with Crippen LogP contribution in [0.25, 0.3) is 5.65 Å². The lowest BCUT2D eigenvalue weighted by Gasteiger charge is -2.19. The van der Waals surface area contributed by atoms with Crippen molar-refractivity contribution in [3.8, 4) is 0 Å². The maximum Gasteiger partial charge on any atom is 0.327 e. The van der Waals surface area contributed by atoms with Crippen LogP contribution < -0.4 is 0 Å². The Balaban J connectivity index is 2.04. The molecule has 2 aromatic heterocycles. The zero-order valence-corrected chi connectivity index (χ0v) is 12.4. The van der Waals surface area contributed by atoms with Crippen LogP contribution in [0.3, 0.4) is 0 Å². The van der Waals surface area contributed by atoms with E-state index < -0.39 is 12.0 Å². The van der Waals surface area contributed by atoms with Crippen molar-refractivity contribution in [1.29, 1.82) is 0 Å². The summed E-state index contributed by atoms with van der Waals surface area (Å²) >= 11 is 1.43.